The summed E-state index contributed by atoms with van der Waals surface area (Å²) in [6.45, 7) is 8.28. The van der Waals surface area contributed by atoms with E-state index in [1.165, 1.54) is 6.42 Å². The lowest BCUT2D eigenvalue weighted by molar-refractivity contribution is 0.101. The Morgan fingerprint density at radius 1 is 1.47 bits per heavy atom. The Morgan fingerprint density at radius 3 is 2.84 bits per heavy atom. The van der Waals surface area contributed by atoms with Crippen molar-refractivity contribution in [1.82, 2.24) is 5.32 Å². The monoisotopic (exact) mass is 260 g/mol. The van der Waals surface area contributed by atoms with Gasteiger partial charge in [0.15, 0.2) is 5.78 Å². The van der Waals surface area contributed by atoms with Crippen molar-refractivity contribution in [2.24, 2.45) is 5.92 Å². The van der Waals surface area contributed by atoms with E-state index in [1.54, 1.807) is 6.92 Å². The van der Waals surface area contributed by atoms with Gasteiger partial charge in [0.2, 0.25) is 0 Å². The summed E-state index contributed by atoms with van der Waals surface area (Å²) in [7, 11) is 2.01. The molecule has 3 heteroatoms. The molecule has 1 aliphatic heterocycles. The third kappa shape index (κ3) is 2.98. The van der Waals surface area contributed by atoms with Gasteiger partial charge in [0.1, 0.15) is 0 Å². The lowest BCUT2D eigenvalue weighted by Gasteiger charge is -2.33. The van der Waals surface area contributed by atoms with E-state index >= 15 is 0 Å². The molecule has 1 atom stereocenters. The minimum Gasteiger partial charge on any atom is -0.366 e. The molecular weight excluding hydrogens is 236 g/mol. The van der Waals surface area contributed by atoms with E-state index in [2.05, 4.69) is 30.1 Å². The van der Waals surface area contributed by atoms with Crippen LogP contribution in [0.1, 0.15) is 37.6 Å². The number of benzene rings is 1. The minimum atomic E-state index is 0.130. The third-order valence-electron chi connectivity index (χ3n) is 4.02. The molecule has 0 spiro atoms. The fourth-order valence-corrected chi connectivity index (χ4v) is 3.16. The van der Waals surface area contributed by atoms with Gasteiger partial charge in [-0.2, -0.15) is 0 Å². The highest BCUT2D eigenvalue weighted by Crippen LogP contribution is 2.36. The average Bonchev–Trinajstić information content (AvgIpc) is 2.65. The summed E-state index contributed by atoms with van der Waals surface area (Å²) >= 11 is 0. The van der Waals surface area contributed by atoms with Gasteiger partial charge in [-0.1, -0.05) is 12.1 Å². The Hall–Kier alpha value is -1.35. The first-order valence-electron chi connectivity index (χ1n) is 6.97. The van der Waals surface area contributed by atoms with Crippen LogP contribution in [0.4, 0.5) is 5.69 Å². The fourth-order valence-electron chi connectivity index (χ4n) is 3.16. The second kappa shape index (κ2) is 5.33. The van der Waals surface area contributed by atoms with Gasteiger partial charge in [0.05, 0.1) is 0 Å². The van der Waals surface area contributed by atoms with Crippen molar-refractivity contribution in [1.29, 1.82) is 0 Å². The third-order valence-corrected chi connectivity index (χ3v) is 4.02. The smallest absolute Gasteiger partial charge is 0.159 e. The van der Waals surface area contributed by atoms with Gasteiger partial charge in [0.25, 0.3) is 0 Å². The van der Waals surface area contributed by atoms with Crippen molar-refractivity contribution in [3.05, 3.63) is 29.8 Å². The van der Waals surface area contributed by atoms with Crippen molar-refractivity contribution in [3.8, 4) is 0 Å². The van der Waals surface area contributed by atoms with Crippen molar-refractivity contribution < 1.29 is 4.79 Å². The van der Waals surface area contributed by atoms with Crippen molar-refractivity contribution in [3.63, 3.8) is 0 Å². The second-order valence-corrected chi connectivity index (χ2v) is 6.16. The summed E-state index contributed by atoms with van der Waals surface area (Å²) < 4.78 is 0. The number of nitrogens with one attached hydrogen (secondary N) is 1. The van der Waals surface area contributed by atoms with Crippen LogP contribution in [0.2, 0.25) is 0 Å². The van der Waals surface area contributed by atoms with Crippen molar-refractivity contribution >= 4 is 11.5 Å². The summed E-state index contributed by atoms with van der Waals surface area (Å²) in [5, 5.41) is 3.27. The molecule has 0 bridgehead atoms. The van der Waals surface area contributed by atoms with Crippen LogP contribution in [-0.2, 0) is 0 Å². The van der Waals surface area contributed by atoms with E-state index in [4.69, 9.17) is 0 Å². The van der Waals surface area contributed by atoms with Gasteiger partial charge in [-0.15, -0.1) is 0 Å². The van der Waals surface area contributed by atoms with Gasteiger partial charge >= 0.3 is 0 Å². The van der Waals surface area contributed by atoms with Gasteiger partial charge in [-0.25, -0.2) is 0 Å². The van der Waals surface area contributed by atoms with Crippen molar-refractivity contribution in [2.45, 2.75) is 32.7 Å². The maximum Gasteiger partial charge on any atom is 0.159 e. The number of carbonyl (C=O) groups excluding carboxylic acids is 1. The molecule has 3 nitrogen and oxygen atoms in total. The minimum absolute atomic E-state index is 0.130. The number of Topliss-reactive ketones (excluding diaryl/α,β-unsaturated/α-hetero) is 1. The zero-order chi connectivity index (χ0) is 14.0. The predicted octanol–water partition coefficient (Wildman–Crippen LogP) is 2.71. The maximum atomic E-state index is 11.5. The Balaban J connectivity index is 2.25. The molecule has 1 aliphatic rings. The van der Waals surface area contributed by atoms with Crippen LogP contribution in [0.5, 0.6) is 0 Å². The Bertz CT molecular complexity index is 468. The summed E-state index contributed by atoms with van der Waals surface area (Å²) in [6.07, 6.45) is 1.18. The largest absolute Gasteiger partial charge is 0.366 e. The Kier molecular flexibility index (Phi) is 3.95. The highest BCUT2D eigenvalue weighted by Gasteiger charge is 2.37. The molecule has 1 unspecified atom stereocenters. The molecule has 1 N–H and O–H groups in total. The number of carbonyl (C=O) groups is 1. The van der Waals surface area contributed by atoms with E-state index in [0.717, 1.165) is 24.3 Å². The standard InChI is InChI=1S/C16H24N2O/c1-12(19)14-6-5-7-15(8-14)18-11-13(10-17-4)9-16(18,2)3/h5-8,13,17H,9-11H2,1-4H3. The normalized spacial score (nSPS) is 21.7. The molecule has 0 aromatic heterocycles. The average molecular weight is 260 g/mol. The van der Waals surface area contributed by atoms with E-state index < -0.39 is 0 Å². The zero-order valence-corrected chi connectivity index (χ0v) is 12.4. The highest BCUT2D eigenvalue weighted by molar-refractivity contribution is 5.95. The molecule has 19 heavy (non-hydrogen) atoms. The van der Waals surface area contributed by atoms with Crippen LogP contribution in [0.25, 0.3) is 0 Å². The van der Waals surface area contributed by atoms with Crippen LogP contribution in [0, 0.1) is 5.92 Å². The van der Waals surface area contributed by atoms with E-state index in [1.807, 2.05) is 25.2 Å². The van der Waals surface area contributed by atoms with Gasteiger partial charge in [-0.05, 0) is 58.8 Å². The number of hydrogen-bond donors (Lipinski definition) is 1. The molecule has 0 aliphatic carbocycles. The van der Waals surface area contributed by atoms with Crippen LogP contribution < -0.4 is 10.2 Å². The van der Waals surface area contributed by atoms with E-state index in [-0.39, 0.29) is 11.3 Å². The van der Waals surface area contributed by atoms with E-state index in [0.29, 0.717) is 5.92 Å². The molecule has 1 fully saturated rings. The first kappa shape index (κ1) is 14.1. The molecule has 104 valence electrons. The number of anilines is 1. The summed E-state index contributed by atoms with van der Waals surface area (Å²) in [6, 6.07) is 8.00. The fraction of sp³-hybridized carbons (Fsp3) is 0.562. The van der Waals surface area contributed by atoms with Gasteiger partial charge in [0, 0.05) is 23.3 Å². The molecule has 1 heterocycles. The first-order chi connectivity index (χ1) is 8.94. The number of hydrogen-bond acceptors (Lipinski definition) is 3. The van der Waals surface area contributed by atoms with E-state index in [9.17, 15) is 4.79 Å². The number of ketones is 1. The quantitative estimate of drug-likeness (QED) is 0.845. The lowest BCUT2D eigenvalue weighted by atomic mass is 9.96. The van der Waals surface area contributed by atoms with Gasteiger partial charge in [-0.3, -0.25) is 4.79 Å². The molecular formula is C16H24N2O. The van der Waals surface area contributed by atoms with Crippen LogP contribution in [0.15, 0.2) is 24.3 Å². The summed E-state index contributed by atoms with van der Waals surface area (Å²) in [5.41, 5.74) is 2.11. The zero-order valence-electron chi connectivity index (χ0n) is 12.4. The summed E-state index contributed by atoms with van der Waals surface area (Å²) in [4.78, 5) is 13.9. The molecule has 0 radical (unpaired) electrons. The van der Waals surface area contributed by atoms with Crippen LogP contribution in [0.3, 0.4) is 0 Å². The topological polar surface area (TPSA) is 32.3 Å². The number of nitrogens with zero attached hydrogens (tertiary/aromatic N) is 1. The molecule has 1 aromatic rings. The molecule has 1 saturated heterocycles. The summed E-state index contributed by atoms with van der Waals surface area (Å²) in [5.74, 6) is 0.798. The lowest BCUT2D eigenvalue weighted by Crippen LogP contribution is -2.38. The van der Waals surface area contributed by atoms with Crippen LogP contribution in [-0.4, -0.2) is 31.5 Å². The molecule has 1 aromatic carbocycles. The Morgan fingerprint density at radius 2 is 2.21 bits per heavy atom. The SMILES string of the molecule is CNCC1CN(c2cccc(C(C)=O)c2)C(C)(C)C1. The second-order valence-electron chi connectivity index (χ2n) is 6.16. The maximum absolute atomic E-state index is 11.5. The molecule has 2 rings (SSSR count). The Labute approximate surface area is 116 Å². The molecule has 0 amide bonds. The van der Waals surface area contributed by atoms with Crippen molar-refractivity contribution in [2.75, 3.05) is 25.0 Å². The first-order valence-corrected chi connectivity index (χ1v) is 6.97. The molecule has 0 saturated carbocycles. The predicted molar refractivity (Wildman–Crippen MR) is 79.9 cm³/mol. The van der Waals surface area contributed by atoms with Crippen LogP contribution >= 0.6 is 0 Å². The highest BCUT2D eigenvalue weighted by atomic mass is 16.1. The van der Waals surface area contributed by atoms with Gasteiger partial charge < -0.3 is 10.2 Å². The number of rotatable bonds is 4.